The highest BCUT2D eigenvalue weighted by atomic mass is 32.2. The second-order valence-corrected chi connectivity index (χ2v) is 6.52. The van der Waals surface area contributed by atoms with Crippen molar-refractivity contribution in [1.82, 2.24) is 0 Å². The zero-order valence-corrected chi connectivity index (χ0v) is 12.6. The molecule has 20 heavy (non-hydrogen) atoms. The lowest BCUT2D eigenvalue weighted by atomic mass is 10.1. The Morgan fingerprint density at radius 2 is 1.90 bits per heavy atom. The first kappa shape index (κ1) is 13.4. The first-order valence-corrected chi connectivity index (χ1v) is 7.99. The molecule has 0 spiro atoms. The van der Waals surface area contributed by atoms with Gasteiger partial charge in [0.1, 0.15) is 0 Å². The zero-order chi connectivity index (χ0) is 13.9. The number of nitrogen functional groups attached to an aromatic ring is 1. The Bertz CT molecular complexity index is 555. The van der Waals surface area contributed by atoms with Gasteiger partial charge in [0.25, 0.3) is 0 Å². The number of nitrogens with two attached hydrogens (primary N) is 1. The maximum Gasteiger partial charge on any atom is 0.0367 e. The molecule has 0 aromatic heterocycles. The molecule has 3 heteroatoms. The molecule has 0 bridgehead atoms. The van der Waals surface area contributed by atoms with E-state index in [1.54, 1.807) is 0 Å². The number of benzene rings is 2. The summed E-state index contributed by atoms with van der Waals surface area (Å²) in [6, 6.07) is 17.0. The third-order valence-electron chi connectivity index (χ3n) is 3.78. The largest absolute Gasteiger partial charge is 0.399 e. The van der Waals surface area contributed by atoms with Gasteiger partial charge in [-0.1, -0.05) is 18.2 Å². The summed E-state index contributed by atoms with van der Waals surface area (Å²) in [7, 11) is 0. The number of hydrogen-bond donors (Lipinski definition) is 1. The predicted octanol–water partition coefficient (Wildman–Crippen LogP) is 3.81. The van der Waals surface area contributed by atoms with Crippen LogP contribution in [0.4, 0.5) is 11.4 Å². The van der Waals surface area contributed by atoms with Gasteiger partial charge >= 0.3 is 0 Å². The maximum atomic E-state index is 5.77. The van der Waals surface area contributed by atoms with Gasteiger partial charge in [-0.2, -0.15) is 0 Å². The number of hydrogen-bond acceptors (Lipinski definition) is 3. The Morgan fingerprint density at radius 1 is 1.15 bits per heavy atom. The third kappa shape index (κ3) is 2.78. The van der Waals surface area contributed by atoms with Crippen molar-refractivity contribution in [2.75, 3.05) is 23.7 Å². The normalized spacial score (nSPS) is 16.9. The van der Waals surface area contributed by atoms with Gasteiger partial charge in [-0.15, -0.1) is 11.8 Å². The summed E-state index contributed by atoms with van der Waals surface area (Å²) in [6.45, 7) is 4.32. The number of thioether (sulfide) groups is 1. The molecule has 2 aromatic carbocycles. The molecule has 2 N–H and O–H groups in total. The van der Waals surface area contributed by atoms with E-state index >= 15 is 0 Å². The first-order chi connectivity index (χ1) is 9.76. The van der Waals surface area contributed by atoms with E-state index in [4.69, 9.17) is 5.73 Å². The van der Waals surface area contributed by atoms with E-state index in [-0.39, 0.29) is 0 Å². The lowest BCUT2D eigenvalue weighted by Gasteiger charge is -2.26. The number of rotatable bonds is 4. The predicted molar refractivity (Wildman–Crippen MR) is 88.5 cm³/mol. The van der Waals surface area contributed by atoms with E-state index in [2.05, 4.69) is 48.2 Å². The average molecular weight is 284 g/mol. The number of fused-ring (bicyclic) bond motifs is 1. The molecule has 1 unspecified atom stereocenters. The van der Waals surface area contributed by atoms with Crippen LogP contribution in [0, 0.1) is 0 Å². The fourth-order valence-electron chi connectivity index (χ4n) is 2.70. The minimum atomic E-state index is 0.643. The standard InChI is InChI=1S/C17H20N2S/c1-2-19(15-9-7-14(18)8-10-15)12-16-11-13-5-3-4-6-17(13)20-16/h3-10,16H,2,11-12,18H2,1H3. The molecular weight excluding hydrogens is 264 g/mol. The van der Waals surface area contributed by atoms with Crippen LogP contribution in [0.3, 0.4) is 0 Å². The second-order valence-electron chi connectivity index (χ2n) is 5.18. The van der Waals surface area contributed by atoms with Gasteiger partial charge in [-0.3, -0.25) is 0 Å². The van der Waals surface area contributed by atoms with Crippen LogP contribution in [0.2, 0.25) is 0 Å². The summed E-state index contributed by atoms with van der Waals surface area (Å²) in [5, 5.41) is 0.643. The molecule has 2 nitrogen and oxygen atoms in total. The van der Waals surface area contributed by atoms with Gasteiger partial charge < -0.3 is 10.6 Å². The van der Waals surface area contributed by atoms with E-state index < -0.39 is 0 Å². The molecule has 0 saturated heterocycles. The minimum absolute atomic E-state index is 0.643. The third-order valence-corrected chi connectivity index (χ3v) is 5.08. The minimum Gasteiger partial charge on any atom is -0.399 e. The molecule has 1 heterocycles. The van der Waals surface area contributed by atoms with Crippen LogP contribution in [-0.4, -0.2) is 18.3 Å². The molecule has 1 atom stereocenters. The molecule has 0 radical (unpaired) electrons. The van der Waals surface area contributed by atoms with E-state index in [0.717, 1.165) is 18.8 Å². The highest BCUT2D eigenvalue weighted by Crippen LogP contribution is 2.37. The fraction of sp³-hybridized carbons (Fsp3) is 0.294. The van der Waals surface area contributed by atoms with E-state index in [0.29, 0.717) is 5.25 Å². The van der Waals surface area contributed by atoms with Crippen LogP contribution in [0.5, 0.6) is 0 Å². The lowest BCUT2D eigenvalue weighted by molar-refractivity contribution is 0.769. The molecule has 0 fully saturated rings. The highest BCUT2D eigenvalue weighted by molar-refractivity contribution is 8.00. The van der Waals surface area contributed by atoms with Crippen molar-refractivity contribution in [3.63, 3.8) is 0 Å². The van der Waals surface area contributed by atoms with Crippen LogP contribution in [0.25, 0.3) is 0 Å². The lowest BCUT2D eigenvalue weighted by Crippen LogP contribution is -2.30. The van der Waals surface area contributed by atoms with Crippen LogP contribution in [0.15, 0.2) is 53.4 Å². The maximum absolute atomic E-state index is 5.77. The quantitative estimate of drug-likeness (QED) is 0.866. The highest BCUT2D eigenvalue weighted by Gasteiger charge is 2.23. The molecule has 2 aromatic rings. The topological polar surface area (TPSA) is 29.3 Å². The van der Waals surface area contributed by atoms with E-state index in [1.165, 1.54) is 22.6 Å². The summed E-state index contributed by atoms with van der Waals surface area (Å²) in [5.41, 5.74) is 9.35. The van der Waals surface area contributed by atoms with Crippen molar-refractivity contribution in [2.45, 2.75) is 23.5 Å². The van der Waals surface area contributed by atoms with Gasteiger partial charge in [0.05, 0.1) is 0 Å². The average Bonchev–Trinajstić information content (AvgIpc) is 2.88. The van der Waals surface area contributed by atoms with Crippen molar-refractivity contribution in [2.24, 2.45) is 0 Å². The fourth-order valence-corrected chi connectivity index (χ4v) is 4.04. The van der Waals surface area contributed by atoms with Crippen LogP contribution in [0.1, 0.15) is 12.5 Å². The molecule has 104 valence electrons. The Hall–Kier alpha value is -1.61. The van der Waals surface area contributed by atoms with Gasteiger partial charge in [0, 0.05) is 34.6 Å². The molecule has 3 rings (SSSR count). The Labute approximate surface area is 125 Å². The van der Waals surface area contributed by atoms with Crippen LogP contribution >= 0.6 is 11.8 Å². The van der Waals surface area contributed by atoms with E-state index in [1.807, 2.05) is 23.9 Å². The Kier molecular flexibility index (Phi) is 3.88. The summed E-state index contributed by atoms with van der Waals surface area (Å²) in [4.78, 5) is 3.88. The van der Waals surface area contributed by atoms with Gasteiger partial charge in [0.15, 0.2) is 0 Å². The molecule has 0 saturated carbocycles. The Balaban J connectivity index is 1.69. The van der Waals surface area contributed by atoms with Crippen molar-refractivity contribution >= 4 is 23.1 Å². The first-order valence-electron chi connectivity index (χ1n) is 7.11. The SMILES string of the molecule is CCN(CC1Cc2ccccc2S1)c1ccc(N)cc1. The van der Waals surface area contributed by atoms with Gasteiger partial charge in [-0.25, -0.2) is 0 Å². The van der Waals surface area contributed by atoms with Crippen molar-refractivity contribution in [3.8, 4) is 0 Å². The molecule has 1 aliphatic heterocycles. The van der Waals surface area contributed by atoms with Gasteiger partial charge in [0.2, 0.25) is 0 Å². The molecular formula is C17H20N2S. The molecule has 0 aliphatic carbocycles. The van der Waals surface area contributed by atoms with Crippen LogP contribution in [-0.2, 0) is 6.42 Å². The van der Waals surface area contributed by atoms with Gasteiger partial charge in [-0.05, 0) is 49.2 Å². The van der Waals surface area contributed by atoms with Crippen molar-refractivity contribution in [1.29, 1.82) is 0 Å². The number of nitrogens with zero attached hydrogens (tertiary/aromatic N) is 1. The molecule has 1 aliphatic rings. The van der Waals surface area contributed by atoms with Crippen molar-refractivity contribution < 1.29 is 0 Å². The second kappa shape index (κ2) is 5.80. The Morgan fingerprint density at radius 3 is 2.60 bits per heavy atom. The summed E-state index contributed by atoms with van der Waals surface area (Å²) >= 11 is 2.01. The molecule has 0 amide bonds. The zero-order valence-electron chi connectivity index (χ0n) is 11.8. The monoisotopic (exact) mass is 284 g/mol. The summed E-state index contributed by atoms with van der Waals surface area (Å²) < 4.78 is 0. The summed E-state index contributed by atoms with van der Waals surface area (Å²) in [6.07, 6.45) is 1.17. The van der Waals surface area contributed by atoms with Crippen LogP contribution < -0.4 is 10.6 Å². The smallest absolute Gasteiger partial charge is 0.0367 e. The van der Waals surface area contributed by atoms with E-state index in [9.17, 15) is 0 Å². The summed E-state index contributed by atoms with van der Waals surface area (Å²) in [5.74, 6) is 0. The number of anilines is 2. The van der Waals surface area contributed by atoms with Crippen molar-refractivity contribution in [3.05, 3.63) is 54.1 Å².